The van der Waals surface area contributed by atoms with Gasteiger partial charge in [-0.15, -0.1) is 0 Å². The first-order valence-corrected chi connectivity index (χ1v) is 15.3. The monoisotopic (exact) mass is 708 g/mol. The summed E-state index contributed by atoms with van der Waals surface area (Å²) in [4.78, 5) is 26.9. The van der Waals surface area contributed by atoms with Crippen molar-refractivity contribution in [1.82, 2.24) is 4.90 Å². The third kappa shape index (κ3) is 7.20. The minimum Gasteiger partial charge on any atom is -0.486 e. The quantitative estimate of drug-likeness (QED) is 0.312. The second-order valence-electron chi connectivity index (χ2n) is 12.1. The predicted molar refractivity (Wildman–Crippen MR) is 167 cm³/mol. The van der Waals surface area contributed by atoms with Crippen molar-refractivity contribution in [2.24, 2.45) is 0 Å². The second-order valence-corrected chi connectivity index (χ2v) is 13.8. The summed E-state index contributed by atoms with van der Waals surface area (Å²) in [6, 6.07) is 9.39. The van der Waals surface area contributed by atoms with Gasteiger partial charge in [-0.25, -0.2) is 9.18 Å². The molecule has 0 aromatic heterocycles. The summed E-state index contributed by atoms with van der Waals surface area (Å²) < 4.78 is 39.8. The molecule has 0 spiro atoms. The third-order valence-corrected chi connectivity index (χ3v) is 8.90. The zero-order valence-electron chi connectivity index (χ0n) is 24.8. The van der Waals surface area contributed by atoms with Crippen LogP contribution in [0.25, 0.3) is 0 Å². The lowest BCUT2D eigenvalue weighted by molar-refractivity contribution is -0.0795. The fourth-order valence-corrected chi connectivity index (χ4v) is 5.30. The third-order valence-electron chi connectivity index (χ3n) is 7.60. The van der Waals surface area contributed by atoms with Gasteiger partial charge in [0, 0.05) is 30.4 Å². The topological polar surface area (TPSA) is 86.3 Å². The molecule has 2 amide bonds. The van der Waals surface area contributed by atoms with Crippen molar-refractivity contribution < 1.29 is 32.8 Å². The van der Waals surface area contributed by atoms with E-state index in [2.05, 4.69) is 37.2 Å². The molecule has 2 aliphatic rings. The van der Waals surface area contributed by atoms with Crippen molar-refractivity contribution in [2.45, 2.75) is 77.8 Å². The molecule has 4 rings (SSSR count). The van der Waals surface area contributed by atoms with Crippen LogP contribution < -0.4 is 10.1 Å². The van der Waals surface area contributed by atoms with E-state index in [0.29, 0.717) is 35.4 Å². The first kappa shape index (κ1) is 32.5. The Hall–Kier alpha value is -2.41. The molecule has 0 saturated carbocycles. The number of amides is 2. The van der Waals surface area contributed by atoms with E-state index in [1.54, 1.807) is 23.1 Å². The van der Waals surface area contributed by atoms with Crippen LogP contribution >= 0.6 is 31.9 Å². The van der Waals surface area contributed by atoms with Crippen LogP contribution in [-0.2, 0) is 14.0 Å². The smallest absolute Gasteiger partial charge is 0.486 e. The van der Waals surface area contributed by atoms with Gasteiger partial charge in [0.2, 0.25) is 0 Å². The molecule has 1 fully saturated rings. The van der Waals surface area contributed by atoms with Gasteiger partial charge in [0.05, 0.1) is 14.5 Å². The first-order valence-electron chi connectivity index (χ1n) is 13.7. The summed E-state index contributed by atoms with van der Waals surface area (Å²) in [7, 11) is -0.586. The summed E-state index contributed by atoms with van der Waals surface area (Å²) in [5.74, 6) is -0.470. The lowest BCUT2D eigenvalue weighted by Gasteiger charge is -2.41. The molecule has 2 atom stereocenters. The van der Waals surface area contributed by atoms with E-state index in [4.69, 9.17) is 18.8 Å². The summed E-state index contributed by atoms with van der Waals surface area (Å²) in [5.41, 5.74) is -0.480. The van der Waals surface area contributed by atoms with Gasteiger partial charge >= 0.3 is 13.2 Å². The molecule has 2 heterocycles. The average molecular weight is 710 g/mol. The molecule has 0 aliphatic carbocycles. The van der Waals surface area contributed by atoms with Crippen molar-refractivity contribution in [1.29, 1.82) is 0 Å². The molecule has 226 valence electrons. The van der Waals surface area contributed by atoms with Crippen molar-refractivity contribution in [3.8, 4) is 5.75 Å². The second kappa shape index (κ2) is 12.3. The van der Waals surface area contributed by atoms with E-state index in [1.165, 1.54) is 18.2 Å². The van der Waals surface area contributed by atoms with Gasteiger partial charge in [-0.05, 0) is 123 Å². The number of carbonyl (C=O) groups excluding carboxylic acids is 2. The summed E-state index contributed by atoms with van der Waals surface area (Å²) in [5, 5.41) is 2.79. The molecular weight excluding hydrogens is 674 g/mol. The van der Waals surface area contributed by atoms with Gasteiger partial charge in [0.25, 0.3) is 5.91 Å². The predicted octanol–water partition coefficient (Wildman–Crippen LogP) is 7.55. The maximum atomic E-state index is 13.9. The summed E-state index contributed by atoms with van der Waals surface area (Å²) in [6.45, 7) is 14.3. The SMILES string of the molecule is CC(Oc1cc(NC(=O)c2ccc(Br)c(F)c2)ccc1Br)C1(C)OB(C2=CCN(C(=O)OC(C)(C)C)CC2)OC1(C)C. The highest BCUT2D eigenvalue weighted by Crippen LogP contribution is 2.44. The Morgan fingerprint density at radius 1 is 1.10 bits per heavy atom. The zero-order valence-corrected chi connectivity index (χ0v) is 28.0. The Morgan fingerprint density at radius 3 is 2.40 bits per heavy atom. The van der Waals surface area contributed by atoms with Crippen LogP contribution in [0.3, 0.4) is 0 Å². The minimum absolute atomic E-state index is 0.192. The number of hydrogen-bond acceptors (Lipinski definition) is 6. The van der Waals surface area contributed by atoms with Gasteiger partial charge in [-0.2, -0.15) is 0 Å². The highest BCUT2D eigenvalue weighted by atomic mass is 79.9. The molecule has 1 saturated heterocycles. The first-order chi connectivity index (χ1) is 19.5. The van der Waals surface area contributed by atoms with E-state index < -0.39 is 41.7 Å². The zero-order chi connectivity index (χ0) is 31.0. The molecule has 0 radical (unpaired) electrons. The number of nitrogens with one attached hydrogen (secondary N) is 1. The van der Waals surface area contributed by atoms with E-state index in [0.717, 1.165) is 5.47 Å². The summed E-state index contributed by atoms with van der Waals surface area (Å²) >= 11 is 6.63. The van der Waals surface area contributed by atoms with Crippen LogP contribution in [0.5, 0.6) is 5.75 Å². The lowest BCUT2D eigenvalue weighted by atomic mass is 9.74. The number of rotatable bonds is 6. The van der Waals surface area contributed by atoms with E-state index >= 15 is 0 Å². The van der Waals surface area contributed by atoms with Crippen molar-refractivity contribution >= 4 is 56.7 Å². The van der Waals surface area contributed by atoms with Crippen LogP contribution in [-0.4, -0.2) is 60.0 Å². The molecule has 8 nitrogen and oxygen atoms in total. The van der Waals surface area contributed by atoms with Gasteiger partial charge in [0.1, 0.15) is 28.9 Å². The van der Waals surface area contributed by atoms with Gasteiger partial charge in [0.15, 0.2) is 0 Å². The normalized spacial score (nSPS) is 21.0. The number of ether oxygens (including phenoxy) is 2. The van der Waals surface area contributed by atoms with Crippen molar-refractivity contribution in [2.75, 3.05) is 18.4 Å². The van der Waals surface area contributed by atoms with Crippen LogP contribution in [0.4, 0.5) is 14.9 Å². The molecule has 12 heteroatoms. The van der Waals surface area contributed by atoms with E-state index in [9.17, 15) is 14.0 Å². The number of benzene rings is 2. The van der Waals surface area contributed by atoms with Crippen LogP contribution in [0.1, 0.15) is 65.2 Å². The highest BCUT2D eigenvalue weighted by molar-refractivity contribution is 9.10. The molecular formula is C30H36BBr2FN2O6. The minimum atomic E-state index is -0.853. The van der Waals surface area contributed by atoms with Gasteiger partial charge in [-0.1, -0.05) is 6.08 Å². The standard InChI is InChI=1S/C30H36BBr2FN2O6/c1-18(39-25-17-21(9-11-23(25)33)35-26(37)19-8-10-22(32)24(34)16-19)30(7)29(5,6)41-31(42-30)20-12-14-36(15-13-20)27(38)40-28(2,3)4/h8-12,16-18H,13-15H2,1-7H3,(H,35,37). The Bertz CT molecular complexity index is 1400. The Morgan fingerprint density at radius 2 is 1.79 bits per heavy atom. The van der Waals surface area contributed by atoms with Crippen LogP contribution in [0.15, 0.2) is 56.9 Å². The van der Waals surface area contributed by atoms with Crippen molar-refractivity contribution in [3.05, 3.63) is 68.3 Å². The van der Waals surface area contributed by atoms with Gasteiger partial charge in [-0.3, -0.25) is 4.79 Å². The fraction of sp³-hybridized carbons (Fsp3) is 0.467. The average Bonchev–Trinajstić information content (AvgIpc) is 3.16. The highest BCUT2D eigenvalue weighted by Gasteiger charge is 2.59. The Labute approximate surface area is 263 Å². The van der Waals surface area contributed by atoms with Crippen LogP contribution in [0, 0.1) is 5.82 Å². The Balaban J connectivity index is 1.44. The summed E-state index contributed by atoms with van der Waals surface area (Å²) in [6.07, 6.45) is 1.75. The number of anilines is 1. The molecule has 0 bridgehead atoms. The molecule has 2 unspecified atom stereocenters. The molecule has 2 aromatic carbocycles. The fourth-order valence-electron chi connectivity index (χ4n) is 4.72. The lowest BCUT2D eigenvalue weighted by Crippen LogP contribution is -2.54. The van der Waals surface area contributed by atoms with E-state index in [-0.39, 0.29) is 16.1 Å². The van der Waals surface area contributed by atoms with Crippen LogP contribution in [0.2, 0.25) is 0 Å². The molecule has 2 aromatic rings. The molecule has 2 aliphatic heterocycles. The molecule has 42 heavy (non-hydrogen) atoms. The number of carbonyl (C=O) groups is 2. The molecule has 1 N–H and O–H groups in total. The maximum Gasteiger partial charge on any atom is 0.490 e. The Kier molecular flexibility index (Phi) is 9.52. The largest absolute Gasteiger partial charge is 0.490 e. The number of hydrogen-bond donors (Lipinski definition) is 1. The van der Waals surface area contributed by atoms with Gasteiger partial charge < -0.3 is 29.0 Å². The van der Waals surface area contributed by atoms with Crippen molar-refractivity contribution in [3.63, 3.8) is 0 Å². The number of nitrogens with zero attached hydrogens (tertiary/aromatic N) is 1. The maximum absolute atomic E-state index is 13.9. The van der Waals surface area contributed by atoms with E-state index in [1.807, 2.05) is 54.5 Å². The number of halogens is 3.